The zero-order valence-corrected chi connectivity index (χ0v) is 7.63. The van der Waals surface area contributed by atoms with Crippen molar-refractivity contribution in [3.05, 3.63) is 29.8 Å². The fraction of sp³-hybridized carbons (Fsp3) is 0.400. The molecule has 0 aromatic heterocycles. The largest absolute Gasteiger partial charge is 0.497 e. The molecule has 1 rings (SSSR count). The molecule has 0 fully saturated rings. The normalized spacial score (nSPS) is 10.0. The molecule has 0 heterocycles. The summed E-state index contributed by atoms with van der Waals surface area (Å²) in [7, 11) is 1.62. The molecule has 0 saturated heterocycles. The van der Waals surface area contributed by atoms with Gasteiger partial charge in [-0.1, -0.05) is 12.1 Å². The molecule has 0 amide bonds. The molecule has 1 aromatic rings. The van der Waals surface area contributed by atoms with E-state index in [1.165, 1.54) is 0 Å². The average Bonchev–Trinajstić information content (AvgIpc) is 2.19. The van der Waals surface area contributed by atoms with Crippen molar-refractivity contribution >= 4 is 0 Å². The van der Waals surface area contributed by atoms with Crippen LogP contribution in [0.2, 0.25) is 0 Å². The van der Waals surface area contributed by atoms with Gasteiger partial charge in [0.15, 0.2) is 0 Å². The van der Waals surface area contributed by atoms with Crippen molar-refractivity contribution < 1.29 is 13.9 Å². The summed E-state index contributed by atoms with van der Waals surface area (Å²) in [6.45, 7) is 0.177. The Labute approximate surface area is 77.3 Å². The number of alkyl halides is 1. The number of hydrogen-bond donors (Lipinski definition) is 0. The summed E-state index contributed by atoms with van der Waals surface area (Å²) in [4.78, 5) is 0. The third kappa shape index (κ3) is 3.42. The summed E-state index contributed by atoms with van der Waals surface area (Å²) in [5, 5.41) is 0. The number of hydrogen-bond acceptors (Lipinski definition) is 2. The number of methoxy groups -OCH3 is 1. The molecule has 2 nitrogen and oxygen atoms in total. The molecule has 0 radical (unpaired) electrons. The summed E-state index contributed by atoms with van der Waals surface area (Å²) in [6.07, 6.45) is 0. The van der Waals surface area contributed by atoms with Gasteiger partial charge in [-0.25, -0.2) is 4.39 Å². The Balaban J connectivity index is 2.40. The highest BCUT2D eigenvalue weighted by molar-refractivity contribution is 5.26. The smallest absolute Gasteiger partial charge is 0.118 e. The van der Waals surface area contributed by atoms with E-state index in [0.29, 0.717) is 6.61 Å². The topological polar surface area (TPSA) is 18.5 Å². The fourth-order valence-corrected chi connectivity index (χ4v) is 0.966. The van der Waals surface area contributed by atoms with E-state index in [1.807, 2.05) is 24.3 Å². The van der Waals surface area contributed by atoms with Crippen LogP contribution in [0.1, 0.15) is 5.56 Å². The van der Waals surface area contributed by atoms with Gasteiger partial charge >= 0.3 is 0 Å². The first kappa shape index (κ1) is 9.99. The first-order chi connectivity index (χ1) is 6.36. The fourth-order valence-electron chi connectivity index (χ4n) is 0.966. The Hall–Kier alpha value is -1.09. The van der Waals surface area contributed by atoms with Crippen LogP contribution in [0.5, 0.6) is 5.75 Å². The van der Waals surface area contributed by atoms with Crippen LogP contribution in [0.3, 0.4) is 0 Å². The van der Waals surface area contributed by atoms with Crippen molar-refractivity contribution in [3.63, 3.8) is 0 Å². The SMILES string of the molecule is COc1ccc(COCCF)cc1. The summed E-state index contributed by atoms with van der Waals surface area (Å²) in [5.74, 6) is 0.814. The van der Waals surface area contributed by atoms with E-state index in [4.69, 9.17) is 9.47 Å². The highest BCUT2D eigenvalue weighted by Gasteiger charge is 1.94. The predicted octanol–water partition coefficient (Wildman–Crippen LogP) is 2.18. The minimum Gasteiger partial charge on any atom is -0.497 e. The maximum absolute atomic E-state index is 11.7. The van der Waals surface area contributed by atoms with Crippen LogP contribution in [0.4, 0.5) is 4.39 Å². The van der Waals surface area contributed by atoms with Gasteiger partial charge in [-0.3, -0.25) is 0 Å². The molecule has 0 aliphatic heterocycles. The van der Waals surface area contributed by atoms with Crippen LogP contribution in [0, 0.1) is 0 Å². The lowest BCUT2D eigenvalue weighted by atomic mass is 10.2. The second-order valence-corrected chi connectivity index (χ2v) is 2.59. The van der Waals surface area contributed by atoms with Crippen LogP contribution in [0.25, 0.3) is 0 Å². The van der Waals surface area contributed by atoms with Gasteiger partial charge in [0, 0.05) is 0 Å². The van der Waals surface area contributed by atoms with Gasteiger partial charge in [0.2, 0.25) is 0 Å². The molecule has 0 aliphatic carbocycles. The van der Waals surface area contributed by atoms with Crippen molar-refractivity contribution in [2.75, 3.05) is 20.4 Å². The molecule has 1 aromatic carbocycles. The quantitative estimate of drug-likeness (QED) is 0.653. The molecule has 0 aliphatic rings. The van der Waals surface area contributed by atoms with Crippen molar-refractivity contribution in [1.29, 1.82) is 0 Å². The summed E-state index contributed by atoms with van der Waals surface area (Å²) >= 11 is 0. The lowest BCUT2D eigenvalue weighted by Crippen LogP contribution is -1.96. The third-order valence-corrected chi connectivity index (χ3v) is 1.65. The second-order valence-electron chi connectivity index (χ2n) is 2.59. The molecule has 0 N–H and O–H groups in total. The molecule has 13 heavy (non-hydrogen) atoms. The zero-order valence-electron chi connectivity index (χ0n) is 7.63. The second kappa shape index (κ2) is 5.54. The van der Waals surface area contributed by atoms with E-state index >= 15 is 0 Å². The van der Waals surface area contributed by atoms with Crippen LogP contribution >= 0.6 is 0 Å². The Bertz CT molecular complexity index is 233. The van der Waals surface area contributed by atoms with Crippen molar-refractivity contribution in [1.82, 2.24) is 0 Å². The van der Waals surface area contributed by atoms with E-state index < -0.39 is 6.67 Å². The van der Waals surface area contributed by atoms with Gasteiger partial charge in [-0.15, -0.1) is 0 Å². The highest BCUT2D eigenvalue weighted by Crippen LogP contribution is 2.11. The molecule has 0 bridgehead atoms. The molecule has 0 atom stereocenters. The minimum absolute atomic E-state index is 0.159. The van der Waals surface area contributed by atoms with E-state index in [0.717, 1.165) is 11.3 Å². The highest BCUT2D eigenvalue weighted by atomic mass is 19.1. The maximum atomic E-state index is 11.7. The van der Waals surface area contributed by atoms with E-state index in [9.17, 15) is 4.39 Å². The van der Waals surface area contributed by atoms with E-state index in [2.05, 4.69) is 0 Å². The molecule has 0 spiro atoms. The maximum Gasteiger partial charge on any atom is 0.118 e. The third-order valence-electron chi connectivity index (χ3n) is 1.65. The lowest BCUT2D eigenvalue weighted by molar-refractivity contribution is 0.106. The standard InChI is InChI=1S/C10H13FO2/c1-12-10-4-2-9(3-5-10)8-13-7-6-11/h2-5H,6-8H2,1H3. The van der Waals surface area contributed by atoms with Gasteiger partial charge in [0.25, 0.3) is 0 Å². The first-order valence-corrected chi connectivity index (χ1v) is 4.13. The Morgan fingerprint density at radius 2 is 1.92 bits per heavy atom. The number of halogens is 1. The summed E-state index contributed by atoms with van der Waals surface area (Å²) in [6, 6.07) is 7.51. The molecular formula is C10H13FO2. The molecule has 0 saturated carbocycles. The Morgan fingerprint density at radius 1 is 1.23 bits per heavy atom. The molecule has 3 heteroatoms. The van der Waals surface area contributed by atoms with Gasteiger partial charge in [-0.05, 0) is 17.7 Å². The van der Waals surface area contributed by atoms with Crippen LogP contribution in [0.15, 0.2) is 24.3 Å². The van der Waals surface area contributed by atoms with Gasteiger partial charge in [-0.2, -0.15) is 0 Å². The minimum atomic E-state index is -0.434. The number of benzene rings is 1. The van der Waals surface area contributed by atoms with Crippen LogP contribution in [-0.4, -0.2) is 20.4 Å². The van der Waals surface area contributed by atoms with Crippen LogP contribution < -0.4 is 4.74 Å². The Morgan fingerprint density at radius 3 is 2.46 bits per heavy atom. The van der Waals surface area contributed by atoms with E-state index in [-0.39, 0.29) is 6.61 Å². The lowest BCUT2D eigenvalue weighted by Gasteiger charge is -2.03. The Kier molecular flexibility index (Phi) is 4.26. The predicted molar refractivity (Wildman–Crippen MR) is 48.6 cm³/mol. The van der Waals surface area contributed by atoms with Gasteiger partial charge in [0.05, 0.1) is 20.3 Å². The van der Waals surface area contributed by atoms with E-state index in [1.54, 1.807) is 7.11 Å². The first-order valence-electron chi connectivity index (χ1n) is 4.13. The monoisotopic (exact) mass is 184 g/mol. The zero-order chi connectivity index (χ0) is 9.52. The summed E-state index contributed by atoms with van der Waals surface area (Å²) < 4.78 is 21.7. The molecular weight excluding hydrogens is 171 g/mol. The summed E-state index contributed by atoms with van der Waals surface area (Å²) in [5.41, 5.74) is 1.02. The van der Waals surface area contributed by atoms with Crippen molar-refractivity contribution in [2.24, 2.45) is 0 Å². The number of ether oxygens (including phenoxy) is 2. The van der Waals surface area contributed by atoms with Crippen LogP contribution in [-0.2, 0) is 11.3 Å². The average molecular weight is 184 g/mol. The molecule has 0 unspecified atom stereocenters. The van der Waals surface area contributed by atoms with Gasteiger partial charge in [0.1, 0.15) is 12.4 Å². The van der Waals surface area contributed by atoms with Crippen molar-refractivity contribution in [3.8, 4) is 5.75 Å². The van der Waals surface area contributed by atoms with Crippen molar-refractivity contribution in [2.45, 2.75) is 6.61 Å². The molecule has 72 valence electrons. The number of rotatable bonds is 5. The van der Waals surface area contributed by atoms with Gasteiger partial charge < -0.3 is 9.47 Å².